The van der Waals surface area contributed by atoms with E-state index in [2.05, 4.69) is 45.7 Å². The van der Waals surface area contributed by atoms with Crippen LogP contribution in [0.15, 0.2) is 78.4 Å². The van der Waals surface area contributed by atoms with Crippen molar-refractivity contribution in [1.29, 1.82) is 0 Å². The Labute approximate surface area is 376 Å². The lowest BCUT2D eigenvalue weighted by atomic mass is 9.51. The molecule has 6 unspecified atom stereocenters. The van der Waals surface area contributed by atoms with Crippen molar-refractivity contribution < 1.29 is 29.0 Å². The van der Waals surface area contributed by atoms with Gasteiger partial charge in [-0.05, 0) is 120 Å². The summed E-state index contributed by atoms with van der Waals surface area (Å²) in [6, 6.07) is 21.3. The summed E-state index contributed by atoms with van der Waals surface area (Å²) in [7, 11) is 3.22. The number of fused-ring (bicyclic) bond motifs is 5. The molecule has 3 saturated heterocycles. The van der Waals surface area contributed by atoms with E-state index in [9.17, 15) is 14.7 Å². The van der Waals surface area contributed by atoms with Crippen LogP contribution in [0.4, 0.5) is 5.82 Å². The maximum Gasteiger partial charge on any atom is 0.242 e. The number of halogens is 2. The van der Waals surface area contributed by atoms with Crippen LogP contribution in [0.3, 0.4) is 0 Å². The van der Waals surface area contributed by atoms with Crippen molar-refractivity contribution in [2.45, 2.75) is 58.0 Å². The first kappa shape index (κ1) is 40.5. The number of aromatic nitrogens is 2. The summed E-state index contributed by atoms with van der Waals surface area (Å²) in [6.45, 7) is 6.27. The zero-order valence-electron chi connectivity index (χ0n) is 34.2. The highest BCUT2D eigenvalue weighted by Crippen LogP contribution is 2.64. The monoisotopic (exact) mass is 969 g/mol. The van der Waals surface area contributed by atoms with Gasteiger partial charge in [-0.25, -0.2) is 4.90 Å². The van der Waals surface area contributed by atoms with Gasteiger partial charge in [0, 0.05) is 54.4 Å². The van der Waals surface area contributed by atoms with E-state index >= 15 is 9.59 Å². The van der Waals surface area contributed by atoms with Crippen molar-refractivity contribution in [1.82, 2.24) is 19.6 Å². The Morgan fingerprint density at radius 2 is 1.74 bits per heavy atom. The molecule has 6 atom stereocenters. The van der Waals surface area contributed by atoms with E-state index in [4.69, 9.17) is 21.4 Å². The third-order valence-electron chi connectivity index (χ3n) is 14.3. The number of hydrogen-bond acceptors (Lipinski definition) is 9. The minimum Gasteiger partial charge on any atom is -0.504 e. The highest BCUT2D eigenvalue weighted by molar-refractivity contribution is 14.1. The Hall–Kier alpha value is -4.57. The predicted molar refractivity (Wildman–Crippen MR) is 242 cm³/mol. The van der Waals surface area contributed by atoms with Gasteiger partial charge in [0.2, 0.25) is 23.6 Å². The zero-order chi connectivity index (χ0) is 42.6. The minimum atomic E-state index is -1.27. The van der Waals surface area contributed by atoms with Crippen molar-refractivity contribution in [3.63, 3.8) is 0 Å². The SMILES string of the molecule is COc1cc(C2C3=CCC4C(=O)N(C5CCN(Cc6ccccc6)CC5)C(=O)C4C3CC3C(=O)N(c4cc(-c5sc6ccc(Cl)cc6c5C)nn4C)C(=O)C32C)cc(I)c1O. The van der Waals surface area contributed by atoms with Gasteiger partial charge in [0.15, 0.2) is 11.5 Å². The Bertz CT molecular complexity index is 2710. The number of methoxy groups -OCH3 is 1. The molecule has 3 aromatic carbocycles. The van der Waals surface area contributed by atoms with E-state index in [0.29, 0.717) is 44.9 Å². The van der Waals surface area contributed by atoms with E-state index in [1.54, 1.807) is 34.0 Å². The fourth-order valence-electron chi connectivity index (χ4n) is 11.3. The number of aryl methyl sites for hydroxylation is 2. The fourth-order valence-corrected chi connectivity index (χ4v) is 13.2. The number of benzene rings is 3. The number of aromatic hydroxyl groups is 1. The molecular weight excluding hydrogens is 925 g/mol. The molecule has 10 rings (SSSR count). The lowest BCUT2D eigenvalue weighted by molar-refractivity contribution is -0.144. The average Bonchev–Trinajstić information content (AvgIpc) is 3.92. The van der Waals surface area contributed by atoms with Crippen LogP contribution in [0.1, 0.15) is 55.2 Å². The van der Waals surface area contributed by atoms with Gasteiger partial charge in [0.1, 0.15) is 11.5 Å². The number of imide groups is 2. The molecule has 14 heteroatoms. The van der Waals surface area contributed by atoms with Crippen molar-refractivity contribution >= 4 is 85.1 Å². The summed E-state index contributed by atoms with van der Waals surface area (Å²) in [6.07, 6.45) is 4.09. The normalized spacial score (nSPS) is 26.9. The van der Waals surface area contributed by atoms with E-state index < -0.39 is 35.0 Å². The van der Waals surface area contributed by atoms with Gasteiger partial charge in [-0.15, -0.1) is 11.3 Å². The number of piperidine rings is 1. The van der Waals surface area contributed by atoms with Crippen LogP contribution in [0.2, 0.25) is 5.02 Å². The Balaban J connectivity index is 1.01. The topological polar surface area (TPSA) is 125 Å². The van der Waals surface area contributed by atoms with E-state index in [1.165, 1.54) is 17.6 Å². The number of rotatable bonds is 7. The molecule has 0 radical (unpaired) electrons. The smallest absolute Gasteiger partial charge is 0.242 e. The molecule has 61 heavy (non-hydrogen) atoms. The van der Waals surface area contributed by atoms with E-state index in [1.807, 2.05) is 62.4 Å². The Morgan fingerprint density at radius 1 is 0.984 bits per heavy atom. The summed E-state index contributed by atoms with van der Waals surface area (Å²) in [5.41, 5.74) is 3.20. The third kappa shape index (κ3) is 6.23. The number of likely N-dealkylation sites (tertiary alicyclic amines) is 2. The quantitative estimate of drug-likeness (QED) is 0.0979. The molecule has 0 bridgehead atoms. The number of carbonyl (C=O) groups excluding carboxylic acids is 4. The predicted octanol–water partition coefficient (Wildman–Crippen LogP) is 8.48. The van der Waals surface area contributed by atoms with Gasteiger partial charge < -0.3 is 9.84 Å². The van der Waals surface area contributed by atoms with Crippen LogP contribution in [-0.2, 0) is 32.8 Å². The summed E-state index contributed by atoms with van der Waals surface area (Å²) in [4.78, 5) is 65.8. The van der Waals surface area contributed by atoms with Gasteiger partial charge in [-0.2, -0.15) is 5.10 Å². The molecule has 1 saturated carbocycles. The lowest BCUT2D eigenvalue weighted by Gasteiger charge is -2.49. The van der Waals surface area contributed by atoms with Crippen molar-refractivity contribution in [3.05, 3.63) is 104 Å². The number of amides is 4. The van der Waals surface area contributed by atoms with Gasteiger partial charge in [0.25, 0.3) is 0 Å². The summed E-state index contributed by atoms with van der Waals surface area (Å²) >= 11 is 9.99. The van der Waals surface area contributed by atoms with Crippen LogP contribution < -0.4 is 9.64 Å². The second kappa shape index (κ2) is 15.1. The number of anilines is 1. The largest absolute Gasteiger partial charge is 0.504 e. The number of thiophene rings is 1. The molecule has 5 aromatic rings. The van der Waals surface area contributed by atoms with Crippen LogP contribution in [-0.4, -0.2) is 74.6 Å². The molecular formula is C47H45ClIN5O6S. The van der Waals surface area contributed by atoms with Crippen molar-refractivity contribution in [2.24, 2.45) is 36.1 Å². The molecule has 2 aliphatic carbocycles. The number of hydrogen-bond donors (Lipinski definition) is 1. The highest BCUT2D eigenvalue weighted by atomic mass is 127. The number of ether oxygens (including phenoxy) is 1. The molecule has 314 valence electrons. The molecule has 5 aliphatic rings. The Morgan fingerprint density at radius 3 is 2.48 bits per heavy atom. The first-order valence-corrected chi connectivity index (χ1v) is 23.1. The van der Waals surface area contributed by atoms with Gasteiger partial charge in [-0.3, -0.25) is 33.7 Å². The van der Waals surface area contributed by atoms with Crippen molar-refractivity contribution in [2.75, 3.05) is 25.1 Å². The molecule has 1 N–H and O–H groups in total. The maximum atomic E-state index is 15.3. The number of phenols is 1. The molecule has 5 heterocycles. The number of allylic oxidation sites excluding steroid dienone is 2. The summed E-state index contributed by atoms with van der Waals surface area (Å²) in [5, 5.41) is 17.5. The first-order chi connectivity index (χ1) is 29.3. The lowest BCUT2D eigenvalue weighted by Crippen LogP contribution is -2.49. The summed E-state index contributed by atoms with van der Waals surface area (Å²) in [5.74, 6) is -3.52. The standard InChI is InChI=1S/C47H45ClIN5O6S/c1-24-31-20-27(48)10-13-37(31)61-42(24)35-22-38(51(3)50-35)54-44(57)33-21-32-29(40(47(33,2)46(54)59)26-18-34(49)41(55)36(19-26)60-4)11-12-30-39(32)45(58)53(43(30)56)28-14-16-52(17-15-28)23-25-8-6-5-7-9-25/h5-11,13,18-20,22,28,30,32-33,39-40,55H,12,14-17,21,23H2,1-4H3. The van der Waals surface area contributed by atoms with Crippen LogP contribution in [0, 0.1) is 39.6 Å². The number of phenolic OH excluding ortho intramolecular Hbond substituents is 1. The molecule has 4 fully saturated rings. The third-order valence-corrected chi connectivity index (χ3v) is 16.7. The first-order valence-electron chi connectivity index (χ1n) is 20.8. The summed E-state index contributed by atoms with van der Waals surface area (Å²) < 4.78 is 8.81. The van der Waals surface area contributed by atoms with Crippen LogP contribution in [0.25, 0.3) is 20.7 Å². The molecule has 0 spiro atoms. The maximum absolute atomic E-state index is 15.3. The van der Waals surface area contributed by atoms with Gasteiger partial charge >= 0.3 is 0 Å². The van der Waals surface area contributed by atoms with Crippen LogP contribution in [0.5, 0.6) is 11.5 Å². The average molecular weight is 970 g/mol. The van der Waals surface area contributed by atoms with Gasteiger partial charge in [-0.1, -0.05) is 53.6 Å². The van der Waals surface area contributed by atoms with Crippen LogP contribution >= 0.6 is 45.5 Å². The fraction of sp³-hybridized carbons (Fsp3) is 0.383. The molecule has 11 nitrogen and oxygen atoms in total. The second-order valence-electron chi connectivity index (χ2n) is 17.5. The highest BCUT2D eigenvalue weighted by Gasteiger charge is 2.68. The molecule has 4 amide bonds. The van der Waals surface area contributed by atoms with Gasteiger partial charge in [0.05, 0.1) is 38.7 Å². The van der Waals surface area contributed by atoms with E-state index in [0.717, 1.165) is 45.7 Å². The second-order valence-corrected chi connectivity index (χ2v) is 20.1. The molecule has 3 aliphatic heterocycles. The molecule has 2 aromatic heterocycles. The van der Waals surface area contributed by atoms with E-state index in [-0.39, 0.29) is 47.6 Å². The minimum absolute atomic E-state index is 0.0164. The van der Waals surface area contributed by atoms with Crippen molar-refractivity contribution in [3.8, 4) is 22.1 Å². The Kier molecular flexibility index (Phi) is 10.00. The number of nitrogens with zero attached hydrogens (tertiary/aromatic N) is 5. The number of carbonyl (C=O) groups is 4. The zero-order valence-corrected chi connectivity index (χ0v) is 38.0.